The zero-order chi connectivity index (χ0) is 12.7. The average molecular weight is 251 g/mol. The predicted molar refractivity (Wildman–Crippen MR) is 78.9 cm³/mol. The number of rotatable bonds is 8. The van der Waals surface area contributed by atoms with Crippen molar-refractivity contribution in [3.8, 4) is 0 Å². The van der Waals surface area contributed by atoms with Crippen LogP contribution in [-0.2, 0) is 0 Å². The van der Waals surface area contributed by atoms with Gasteiger partial charge in [0.2, 0.25) is 0 Å². The lowest BCUT2D eigenvalue weighted by atomic mass is 10.1. The van der Waals surface area contributed by atoms with Crippen molar-refractivity contribution in [2.75, 3.05) is 6.54 Å². The number of allylic oxidation sites excluding steroid dienone is 1. The molecule has 1 nitrogen and oxygen atoms in total. The maximum absolute atomic E-state index is 3.74. The lowest BCUT2D eigenvalue weighted by Gasteiger charge is -2.13. The minimum Gasteiger partial charge on any atom is -0.310 e. The van der Waals surface area contributed by atoms with Crippen molar-refractivity contribution >= 4 is 11.3 Å². The summed E-state index contributed by atoms with van der Waals surface area (Å²) in [6.07, 6.45) is 7.00. The third-order valence-corrected chi connectivity index (χ3v) is 4.06. The zero-order valence-electron chi connectivity index (χ0n) is 11.4. The Morgan fingerprint density at radius 2 is 2.12 bits per heavy atom. The van der Waals surface area contributed by atoms with Crippen molar-refractivity contribution in [3.63, 3.8) is 0 Å². The molecular formula is C15H25NS. The first-order valence-corrected chi connectivity index (χ1v) is 7.38. The van der Waals surface area contributed by atoms with E-state index in [1.54, 1.807) is 0 Å². The second kappa shape index (κ2) is 7.67. The molecule has 0 saturated carbocycles. The van der Waals surface area contributed by atoms with Crippen molar-refractivity contribution in [1.82, 2.24) is 5.32 Å². The van der Waals surface area contributed by atoms with Gasteiger partial charge in [0.05, 0.1) is 0 Å². The van der Waals surface area contributed by atoms with Crippen LogP contribution in [0.15, 0.2) is 18.7 Å². The summed E-state index contributed by atoms with van der Waals surface area (Å²) in [5, 5.41) is 3.61. The molecule has 1 aromatic rings. The summed E-state index contributed by atoms with van der Waals surface area (Å²) in [5.74, 6) is 0. The number of hydrogen-bond acceptors (Lipinski definition) is 2. The van der Waals surface area contributed by atoms with Gasteiger partial charge < -0.3 is 5.32 Å². The molecular weight excluding hydrogens is 226 g/mol. The van der Waals surface area contributed by atoms with Crippen molar-refractivity contribution < 1.29 is 0 Å². The van der Waals surface area contributed by atoms with Crippen LogP contribution in [0.25, 0.3) is 0 Å². The molecule has 0 amide bonds. The molecule has 1 heterocycles. The average Bonchev–Trinajstić information content (AvgIpc) is 2.62. The van der Waals surface area contributed by atoms with E-state index in [4.69, 9.17) is 0 Å². The Balaban J connectivity index is 2.23. The highest BCUT2D eigenvalue weighted by Gasteiger charge is 2.09. The van der Waals surface area contributed by atoms with E-state index >= 15 is 0 Å². The number of nitrogens with one attached hydrogen (secondary N) is 1. The first-order valence-electron chi connectivity index (χ1n) is 6.56. The quantitative estimate of drug-likeness (QED) is 0.519. The molecule has 0 aromatic carbocycles. The molecule has 0 saturated heterocycles. The van der Waals surface area contributed by atoms with E-state index in [-0.39, 0.29) is 0 Å². The molecule has 0 aliphatic rings. The molecule has 1 N–H and O–H groups in total. The maximum Gasteiger partial charge on any atom is 0.0302 e. The highest BCUT2D eigenvalue weighted by Crippen LogP contribution is 2.25. The molecule has 0 fully saturated rings. The zero-order valence-corrected chi connectivity index (χ0v) is 12.2. The topological polar surface area (TPSA) is 12.0 Å². The fraction of sp³-hybridized carbons (Fsp3) is 0.600. The van der Waals surface area contributed by atoms with Gasteiger partial charge in [-0.3, -0.25) is 0 Å². The van der Waals surface area contributed by atoms with E-state index < -0.39 is 0 Å². The van der Waals surface area contributed by atoms with Gasteiger partial charge in [0.15, 0.2) is 0 Å². The van der Waals surface area contributed by atoms with E-state index in [1.165, 1.54) is 34.6 Å². The fourth-order valence-corrected chi connectivity index (χ4v) is 3.12. The first kappa shape index (κ1) is 14.5. The number of aryl methyl sites for hydroxylation is 2. The molecule has 1 atom stereocenters. The summed E-state index contributed by atoms with van der Waals surface area (Å²) in [6.45, 7) is 11.5. The summed E-state index contributed by atoms with van der Waals surface area (Å²) >= 11 is 1.90. The largest absolute Gasteiger partial charge is 0.310 e. The van der Waals surface area contributed by atoms with E-state index in [1.807, 2.05) is 17.4 Å². The van der Waals surface area contributed by atoms with Crippen LogP contribution in [0.3, 0.4) is 0 Å². The molecule has 96 valence electrons. The monoisotopic (exact) mass is 251 g/mol. The summed E-state index contributed by atoms with van der Waals surface area (Å²) in [5.41, 5.74) is 1.47. The molecule has 0 spiro atoms. The number of thiophene rings is 1. The van der Waals surface area contributed by atoms with Gasteiger partial charge in [0, 0.05) is 15.8 Å². The van der Waals surface area contributed by atoms with Crippen LogP contribution >= 0.6 is 11.3 Å². The Kier molecular flexibility index (Phi) is 6.53. The molecule has 1 aromatic heterocycles. The van der Waals surface area contributed by atoms with Gasteiger partial charge in [-0.05, 0) is 58.2 Å². The molecule has 0 aliphatic heterocycles. The third-order valence-electron chi connectivity index (χ3n) is 3.08. The highest BCUT2D eigenvalue weighted by molar-refractivity contribution is 7.12. The summed E-state index contributed by atoms with van der Waals surface area (Å²) in [7, 11) is 0. The lowest BCUT2D eigenvalue weighted by Crippen LogP contribution is -2.19. The minimum absolute atomic E-state index is 0.486. The van der Waals surface area contributed by atoms with Crippen molar-refractivity contribution in [2.24, 2.45) is 0 Å². The summed E-state index contributed by atoms with van der Waals surface area (Å²) in [6, 6.07) is 2.80. The Hall–Kier alpha value is -0.600. The van der Waals surface area contributed by atoms with Gasteiger partial charge >= 0.3 is 0 Å². The maximum atomic E-state index is 3.74. The van der Waals surface area contributed by atoms with Gasteiger partial charge in [0.25, 0.3) is 0 Å². The standard InChI is InChI=1S/C15H25NS/c1-5-6-7-8-9-10-16-13(3)15-11-12(2)17-14(15)4/h5,11,13,16H,1,6-10H2,2-4H3. The minimum atomic E-state index is 0.486. The second-order valence-corrected chi connectivity index (χ2v) is 6.14. The van der Waals surface area contributed by atoms with Crippen molar-refractivity contribution in [3.05, 3.63) is 34.0 Å². The van der Waals surface area contributed by atoms with Gasteiger partial charge in [-0.25, -0.2) is 0 Å². The van der Waals surface area contributed by atoms with Gasteiger partial charge in [-0.2, -0.15) is 0 Å². The van der Waals surface area contributed by atoms with E-state index in [0.29, 0.717) is 6.04 Å². The van der Waals surface area contributed by atoms with Crippen LogP contribution in [0.5, 0.6) is 0 Å². The Morgan fingerprint density at radius 3 is 2.71 bits per heavy atom. The Bertz CT molecular complexity index is 341. The van der Waals surface area contributed by atoms with Crippen LogP contribution < -0.4 is 5.32 Å². The van der Waals surface area contributed by atoms with E-state index in [0.717, 1.165) is 13.0 Å². The molecule has 0 aliphatic carbocycles. The molecule has 2 heteroatoms. The number of hydrogen-bond donors (Lipinski definition) is 1. The van der Waals surface area contributed by atoms with Crippen LogP contribution in [-0.4, -0.2) is 6.54 Å². The summed E-state index contributed by atoms with van der Waals surface area (Å²) < 4.78 is 0. The van der Waals surface area contributed by atoms with Gasteiger partial charge in [-0.1, -0.05) is 12.5 Å². The Morgan fingerprint density at radius 1 is 1.35 bits per heavy atom. The van der Waals surface area contributed by atoms with Crippen LogP contribution in [0, 0.1) is 13.8 Å². The smallest absolute Gasteiger partial charge is 0.0302 e. The lowest BCUT2D eigenvalue weighted by molar-refractivity contribution is 0.539. The molecule has 17 heavy (non-hydrogen) atoms. The van der Waals surface area contributed by atoms with Gasteiger partial charge in [0.1, 0.15) is 0 Å². The second-order valence-electron chi connectivity index (χ2n) is 4.68. The molecule has 0 bridgehead atoms. The normalized spacial score (nSPS) is 12.6. The van der Waals surface area contributed by atoms with Gasteiger partial charge in [-0.15, -0.1) is 17.9 Å². The number of unbranched alkanes of at least 4 members (excludes halogenated alkanes) is 3. The van der Waals surface area contributed by atoms with Crippen LogP contribution in [0.1, 0.15) is 54.0 Å². The molecule has 1 unspecified atom stereocenters. The SMILES string of the molecule is C=CCCCCCNC(C)c1cc(C)sc1C. The molecule has 0 radical (unpaired) electrons. The van der Waals surface area contributed by atoms with Crippen molar-refractivity contribution in [1.29, 1.82) is 0 Å². The first-order chi connectivity index (χ1) is 8.15. The third kappa shape index (κ3) is 5.05. The van der Waals surface area contributed by atoms with Crippen LogP contribution in [0.2, 0.25) is 0 Å². The van der Waals surface area contributed by atoms with E-state index in [9.17, 15) is 0 Å². The summed E-state index contributed by atoms with van der Waals surface area (Å²) in [4.78, 5) is 2.87. The fourth-order valence-electron chi connectivity index (χ4n) is 2.10. The van der Waals surface area contributed by atoms with Crippen LogP contribution in [0.4, 0.5) is 0 Å². The Labute approximate surface area is 110 Å². The highest BCUT2D eigenvalue weighted by atomic mass is 32.1. The predicted octanol–water partition coefficient (Wildman–Crippen LogP) is 4.76. The van der Waals surface area contributed by atoms with E-state index in [2.05, 4.69) is 38.7 Å². The van der Waals surface area contributed by atoms with Crippen molar-refractivity contribution in [2.45, 2.75) is 52.5 Å². The molecule has 1 rings (SSSR count).